The third-order valence-corrected chi connectivity index (χ3v) is 2.92. The topological polar surface area (TPSA) is 75.2 Å². The van der Waals surface area contributed by atoms with Crippen LogP contribution in [0, 0.1) is 0 Å². The molecule has 1 heterocycles. The molecule has 106 valence electrons. The molecule has 1 unspecified atom stereocenters. The Morgan fingerprint density at radius 3 is 2.85 bits per heavy atom. The van der Waals surface area contributed by atoms with Gasteiger partial charge in [0.2, 0.25) is 0 Å². The first-order valence-electron chi connectivity index (χ1n) is 6.16. The second-order valence-electron chi connectivity index (χ2n) is 4.65. The van der Waals surface area contributed by atoms with Crippen LogP contribution in [0.15, 0.2) is 46.0 Å². The Hall–Kier alpha value is -2.27. The number of ether oxygens (including phenoxy) is 1. The lowest BCUT2D eigenvalue weighted by Gasteiger charge is -2.17. The average molecular weight is 275 g/mol. The van der Waals surface area contributed by atoms with Crippen molar-refractivity contribution in [3.05, 3.63) is 47.9 Å². The van der Waals surface area contributed by atoms with E-state index in [1.54, 1.807) is 38.3 Å². The standard InChI is InChI=1S/C15H17NO4/c1-15(18,14-4-3-7-20-14)10-16-9-11-8-12(19-2)5-6-13(11)17/h3-9,17-18H,10H2,1-2H3. The molecule has 0 bridgehead atoms. The van der Waals surface area contributed by atoms with Crippen LogP contribution >= 0.6 is 0 Å². The fourth-order valence-corrected chi connectivity index (χ4v) is 1.75. The second kappa shape index (κ2) is 5.79. The quantitative estimate of drug-likeness (QED) is 0.821. The number of hydrogen-bond acceptors (Lipinski definition) is 5. The molecule has 0 saturated heterocycles. The van der Waals surface area contributed by atoms with Gasteiger partial charge in [0.1, 0.15) is 22.9 Å². The lowest BCUT2D eigenvalue weighted by atomic mass is 10.0. The van der Waals surface area contributed by atoms with E-state index in [1.807, 2.05) is 0 Å². The van der Waals surface area contributed by atoms with Crippen LogP contribution in [0.2, 0.25) is 0 Å². The summed E-state index contributed by atoms with van der Waals surface area (Å²) in [6.07, 6.45) is 3.00. The highest BCUT2D eigenvalue weighted by atomic mass is 16.5. The van der Waals surface area contributed by atoms with Crippen molar-refractivity contribution >= 4 is 6.21 Å². The molecule has 2 aromatic rings. The van der Waals surface area contributed by atoms with Gasteiger partial charge < -0.3 is 19.4 Å². The SMILES string of the molecule is COc1ccc(O)c(C=NCC(C)(O)c2ccco2)c1. The number of aromatic hydroxyl groups is 1. The number of methoxy groups -OCH3 is 1. The first-order chi connectivity index (χ1) is 9.53. The summed E-state index contributed by atoms with van der Waals surface area (Å²) in [6, 6.07) is 8.26. The molecule has 0 fully saturated rings. The van der Waals surface area contributed by atoms with E-state index in [-0.39, 0.29) is 12.3 Å². The van der Waals surface area contributed by atoms with Gasteiger partial charge in [-0.15, -0.1) is 0 Å². The number of phenols is 1. The van der Waals surface area contributed by atoms with Gasteiger partial charge in [-0.25, -0.2) is 0 Å². The van der Waals surface area contributed by atoms with Gasteiger partial charge in [-0.05, 0) is 37.3 Å². The van der Waals surface area contributed by atoms with Gasteiger partial charge in [-0.3, -0.25) is 4.99 Å². The summed E-state index contributed by atoms with van der Waals surface area (Å²) in [7, 11) is 1.55. The molecule has 1 aromatic carbocycles. The van der Waals surface area contributed by atoms with Crippen molar-refractivity contribution < 1.29 is 19.4 Å². The van der Waals surface area contributed by atoms with Crippen molar-refractivity contribution in [1.82, 2.24) is 0 Å². The number of hydrogen-bond donors (Lipinski definition) is 2. The van der Waals surface area contributed by atoms with Crippen LogP contribution in [0.5, 0.6) is 11.5 Å². The van der Waals surface area contributed by atoms with Gasteiger partial charge in [-0.1, -0.05) is 0 Å². The van der Waals surface area contributed by atoms with E-state index in [2.05, 4.69) is 4.99 Å². The van der Waals surface area contributed by atoms with Crippen LogP contribution in [0.25, 0.3) is 0 Å². The Bertz CT molecular complexity index is 588. The molecule has 0 saturated carbocycles. The number of phenolic OH excluding ortho intramolecular Hbond substituents is 1. The van der Waals surface area contributed by atoms with E-state index in [9.17, 15) is 10.2 Å². The summed E-state index contributed by atoms with van der Waals surface area (Å²) in [4.78, 5) is 4.15. The highest BCUT2D eigenvalue weighted by molar-refractivity contribution is 5.84. The smallest absolute Gasteiger partial charge is 0.139 e. The van der Waals surface area contributed by atoms with Crippen molar-refractivity contribution in [2.75, 3.05) is 13.7 Å². The van der Waals surface area contributed by atoms with Crippen LogP contribution in [0.3, 0.4) is 0 Å². The molecule has 5 heteroatoms. The normalized spacial score (nSPS) is 14.3. The predicted molar refractivity (Wildman–Crippen MR) is 75.4 cm³/mol. The van der Waals surface area contributed by atoms with Crippen LogP contribution in [0.4, 0.5) is 0 Å². The van der Waals surface area contributed by atoms with E-state index < -0.39 is 5.60 Å². The van der Waals surface area contributed by atoms with Gasteiger partial charge >= 0.3 is 0 Å². The maximum absolute atomic E-state index is 10.2. The predicted octanol–water partition coefficient (Wildman–Crippen LogP) is 2.32. The van der Waals surface area contributed by atoms with Crippen molar-refractivity contribution in [1.29, 1.82) is 0 Å². The summed E-state index contributed by atoms with van der Waals surface area (Å²) >= 11 is 0. The zero-order valence-corrected chi connectivity index (χ0v) is 11.4. The van der Waals surface area contributed by atoms with Crippen LogP contribution < -0.4 is 4.74 Å². The van der Waals surface area contributed by atoms with Crippen LogP contribution in [-0.4, -0.2) is 30.1 Å². The zero-order chi connectivity index (χ0) is 14.6. The highest BCUT2D eigenvalue weighted by Gasteiger charge is 2.25. The minimum Gasteiger partial charge on any atom is -0.507 e. The molecule has 0 aliphatic carbocycles. The lowest BCUT2D eigenvalue weighted by Crippen LogP contribution is -2.24. The van der Waals surface area contributed by atoms with E-state index in [0.717, 1.165) is 0 Å². The van der Waals surface area contributed by atoms with Crippen molar-refractivity contribution in [2.24, 2.45) is 4.99 Å². The van der Waals surface area contributed by atoms with E-state index in [0.29, 0.717) is 17.1 Å². The number of aliphatic hydroxyl groups is 1. The van der Waals surface area contributed by atoms with Crippen LogP contribution in [0.1, 0.15) is 18.2 Å². The molecule has 2 N–H and O–H groups in total. The Balaban J connectivity index is 2.10. The highest BCUT2D eigenvalue weighted by Crippen LogP contribution is 2.23. The fourth-order valence-electron chi connectivity index (χ4n) is 1.75. The monoisotopic (exact) mass is 275 g/mol. The van der Waals surface area contributed by atoms with Crippen molar-refractivity contribution in [3.8, 4) is 11.5 Å². The number of furan rings is 1. The lowest BCUT2D eigenvalue weighted by molar-refractivity contribution is 0.0439. The number of rotatable bonds is 5. The molecule has 5 nitrogen and oxygen atoms in total. The number of aliphatic imine (C=N–C) groups is 1. The Morgan fingerprint density at radius 1 is 1.40 bits per heavy atom. The third-order valence-electron chi connectivity index (χ3n) is 2.92. The third kappa shape index (κ3) is 3.19. The minimum atomic E-state index is -1.19. The molecule has 0 aliphatic rings. The minimum absolute atomic E-state index is 0.104. The van der Waals surface area contributed by atoms with E-state index >= 15 is 0 Å². The molecule has 0 radical (unpaired) electrons. The zero-order valence-electron chi connectivity index (χ0n) is 11.4. The Kier molecular flexibility index (Phi) is 4.10. The fraction of sp³-hybridized carbons (Fsp3) is 0.267. The average Bonchev–Trinajstić information content (AvgIpc) is 2.95. The van der Waals surface area contributed by atoms with Gasteiger partial charge in [0, 0.05) is 11.8 Å². The summed E-state index contributed by atoms with van der Waals surface area (Å²) in [5.74, 6) is 1.18. The molecule has 1 atom stereocenters. The first-order valence-corrected chi connectivity index (χ1v) is 6.16. The van der Waals surface area contributed by atoms with E-state index in [4.69, 9.17) is 9.15 Å². The van der Waals surface area contributed by atoms with Crippen molar-refractivity contribution in [3.63, 3.8) is 0 Å². The molecular formula is C15H17NO4. The maximum Gasteiger partial charge on any atom is 0.139 e. The largest absolute Gasteiger partial charge is 0.507 e. The molecular weight excluding hydrogens is 258 g/mol. The van der Waals surface area contributed by atoms with Crippen LogP contribution in [-0.2, 0) is 5.60 Å². The molecule has 2 rings (SSSR count). The van der Waals surface area contributed by atoms with Gasteiger partial charge in [-0.2, -0.15) is 0 Å². The summed E-state index contributed by atoms with van der Waals surface area (Å²) in [5, 5.41) is 19.9. The van der Waals surface area contributed by atoms with Gasteiger partial charge in [0.15, 0.2) is 0 Å². The second-order valence-corrected chi connectivity index (χ2v) is 4.65. The number of nitrogens with zero attached hydrogens (tertiary/aromatic N) is 1. The molecule has 0 aliphatic heterocycles. The number of benzene rings is 1. The summed E-state index contributed by atoms with van der Waals surface area (Å²) in [5.41, 5.74) is -0.659. The molecule has 0 amide bonds. The Labute approximate surface area is 117 Å². The first kappa shape index (κ1) is 14.1. The summed E-state index contributed by atoms with van der Waals surface area (Å²) < 4.78 is 10.2. The van der Waals surface area contributed by atoms with Gasteiger partial charge in [0.05, 0.1) is 19.9 Å². The maximum atomic E-state index is 10.2. The molecule has 0 spiro atoms. The Morgan fingerprint density at radius 2 is 2.20 bits per heavy atom. The van der Waals surface area contributed by atoms with Gasteiger partial charge in [0.25, 0.3) is 0 Å². The molecule has 1 aromatic heterocycles. The summed E-state index contributed by atoms with van der Waals surface area (Å²) in [6.45, 7) is 1.74. The van der Waals surface area contributed by atoms with E-state index in [1.165, 1.54) is 18.5 Å². The van der Waals surface area contributed by atoms with Crippen molar-refractivity contribution in [2.45, 2.75) is 12.5 Å². The molecule has 20 heavy (non-hydrogen) atoms.